The highest BCUT2D eigenvalue weighted by Gasteiger charge is 2.11. The van der Waals surface area contributed by atoms with E-state index in [0.717, 1.165) is 10.8 Å². The van der Waals surface area contributed by atoms with Crippen molar-refractivity contribution in [1.29, 1.82) is 0 Å². The Bertz CT molecular complexity index is 298. The van der Waals surface area contributed by atoms with Gasteiger partial charge in [-0.3, -0.25) is 4.79 Å². The molecule has 1 aromatic heterocycles. The molecule has 0 saturated heterocycles. The molecule has 0 fully saturated rings. The van der Waals surface area contributed by atoms with Gasteiger partial charge in [0.15, 0.2) is 5.13 Å². The van der Waals surface area contributed by atoms with Crippen LogP contribution in [0.1, 0.15) is 12.6 Å². The molecule has 0 unspecified atom stereocenters. The summed E-state index contributed by atoms with van der Waals surface area (Å²) in [5.74, 6) is -0.824. The lowest BCUT2D eigenvalue weighted by Crippen LogP contribution is -2.29. The van der Waals surface area contributed by atoms with Crippen molar-refractivity contribution in [3.63, 3.8) is 0 Å². The molecule has 4 nitrogen and oxygen atoms in total. The second-order valence-corrected chi connectivity index (χ2v) is 3.52. The third-order valence-electron chi connectivity index (χ3n) is 1.59. The first kappa shape index (κ1) is 9.98. The van der Waals surface area contributed by atoms with Crippen molar-refractivity contribution in [2.45, 2.75) is 13.8 Å². The van der Waals surface area contributed by atoms with Crippen LogP contribution in [0.3, 0.4) is 0 Å². The van der Waals surface area contributed by atoms with Gasteiger partial charge in [0.25, 0.3) is 0 Å². The van der Waals surface area contributed by atoms with Gasteiger partial charge in [0.05, 0.1) is 5.69 Å². The van der Waals surface area contributed by atoms with Gasteiger partial charge in [-0.1, -0.05) is 0 Å². The third-order valence-corrected chi connectivity index (χ3v) is 2.60. The van der Waals surface area contributed by atoms with Crippen molar-refractivity contribution in [2.24, 2.45) is 0 Å². The molecule has 13 heavy (non-hydrogen) atoms. The highest BCUT2D eigenvalue weighted by molar-refractivity contribution is 7.13. The molecule has 0 saturated carbocycles. The van der Waals surface area contributed by atoms with Gasteiger partial charge in [0.1, 0.15) is 6.54 Å². The van der Waals surface area contributed by atoms with Gasteiger partial charge in [-0.05, 0) is 13.8 Å². The number of thiazole rings is 1. The smallest absolute Gasteiger partial charge is 0.323 e. The molecule has 72 valence electrons. The van der Waals surface area contributed by atoms with E-state index in [1.165, 1.54) is 11.3 Å². The molecule has 0 atom stereocenters. The maximum atomic E-state index is 10.5. The van der Waals surface area contributed by atoms with E-state index in [1.54, 1.807) is 4.90 Å². The first-order valence-electron chi connectivity index (χ1n) is 4.02. The maximum absolute atomic E-state index is 10.5. The molecule has 5 heteroatoms. The Balaban J connectivity index is 2.72. The first-order valence-corrected chi connectivity index (χ1v) is 4.90. The lowest BCUT2D eigenvalue weighted by atomic mass is 10.5. The molecule has 0 aromatic carbocycles. The van der Waals surface area contributed by atoms with E-state index in [1.807, 2.05) is 19.2 Å². The van der Waals surface area contributed by atoms with Gasteiger partial charge in [-0.15, -0.1) is 11.3 Å². The number of nitrogens with zero attached hydrogens (tertiary/aromatic N) is 2. The van der Waals surface area contributed by atoms with Crippen LogP contribution in [0, 0.1) is 6.92 Å². The predicted molar refractivity (Wildman–Crippen MR) is 52.4 cm³/mol. The van der Waals surface area contributed by atoms with E-state index in [9.17, 15) is 4.79 Å². The van der Waals surface area contributed by atoms with Crippen LogP contribution in [0.15, 0.2) is 5.38 Å². The lowest BCUT2D eigenvalue weighted by molar-refractivity contribution is -0.135. The third kappa shape index (κ3) is 2.69. The summed E-state index contributed by atoms with van der Waals surface area (Å²) in [5, 5.41) is 11.3. The van der Waals surface area contributed by atoms with Gasteiger partial charge in [-0.25, -0.2) is 4.98 Å². The van der Waals surface area contributed by atoms with Crippen LogP contribution < -0.4 is 4.90 Å². The van der Waals surface area contributed by atoms with E-state index >= 15 is 0 Å². The molecule has 0 aliphatic heterocycles. The van der Waals surface area contributed by atoms with E-state index in [4.69, 9.17) is 5.11 Å². The first-order chi connectivity index (χ1) is 6.13. The molecular weight excluding hydrogens is 188 g/mol. The summed E-state index contributed by atoms with van der Waals surface area (Å²) in [6, 6.07) is 0. The molecule has 0 spiro atoms. The van der Waals surface area contributed by atoms with Crippen LogP contribution in [0.25, 0.3) is 0 Å². The maximum Gasteiger partial charge on any atom is 0.323 e. The minimum Gasteiger partial charge on any atom is -0.480 e. The molecule has 0 amide bonds. The summed E-state index contributed by atoms with van der Waals surface area (Å²) in [6.45, 7) is 4.50. The fourth-order valence-electron chi connectivity index (χ4n) is 0.965. The normalized spacial score (nSPS) is 10.0. The SMILES string of the molecule is CCN(CC(=O)O)c1nc(C)cs1. The largest absolute Gasteiger partial charge is 0.480 e. The zero-order chi connectivity index (χ0) is 9.84. The van der Waals surface area contributed by atoms with E-state index < -0.39 is 5.97 Å². The molecule has 1 rings (SSSR count). The summed E-state index contributed by atoms with van der Waals surface area (Å²) in [7, 11) is 0. The number of aryl methyl sites for hydroxylation is 1. The number of hydrogen-bond acceptors (Lipinski definition) is 4. The van der Waals surface area contributed by atoms with Crippen molar-refractivity contribution in [3.8, 4) is 0 Å². The van der Waals surface area contributed by atoms with Crippen LogP contribution in [0.4, 0.5) is 5.13 Å². The number of aliphatic carboxylic acids is 1. The number of aromatic nitrogens is 1. The molecule has 1 N–H and O–H groups in total. The Labute approximate surface area is 80.8 Å². The Hall–Kier alpha value is -1.10. The Kier molecular flexibility index (Phi) is 3.25. The predicted octanol–water partition coefficient (Wildman–Crippen LogP) is 1.36. The van der Waals surface area contributed by atoms with Crippen LogP contribution >= 0.6 is 11.3 Å². The molecule has 0 aliphatic rings. The number of carbonyl (C=O) groups is 1. The molecule has 0 radical (unpaired) electrons. The van der Waals surface area contributed by atoms with Gasteiger partial charge >= 0.3 is 5.97 Å². The number of carboxylic acid groups (broad SMARTS) is 1. The second kappa shape index (κ2) is 4.23. The van der Waals surface area contributed by atoms with Gasteiger partial charge in [0.2, 0.25) is 0 Å². The van der Waals surface area contributed by atoms with E-state index in [0.29, 0.717) is 6.54 Å². The molecule has 1 aromatic rings. The van der Waals surface area contributed by atoms with Crippen molar-refractivity contribution in [2.75, 3.05) is 18.0 Å². The zero-order valence-electron chi connectivity index (χ0n) is 7.65. The Morgan fingerprint density at radius 2 is 2.46 bits per heavy atom. The summed E-state index contributed by atoms with van der Waals surface area (Å²) in [4.78, 5) is 16.4. The Morgan fingerprint density at radius 3 is 2.85 bits per heavy atom. The fraction of sp³-hybridized carbons (Fsp3) is 0.500. The summed E-state index contributed by atoms with van der Waals surface area (Å²) in [5.41, 5.74) is 0.934. The van der Waals surface area contributed by atoms with Crippen molar-refractivity contribution in [1.82, 2.24) is 4.98 Å². The van der Waals surface area contributed by atoms with Crippen LogP contribution in [-0.2, 0) is 4.79 Å². The standard InChI is InChI=1S/C8H12N2O2S/c1-3-10(4-7(11)12)8-9-6(2)5-13-8/h5H,3-4H2,1-2H3,(H,11,12). The Morgan fingerprint density at radius 1 is 1.77 bits per heavy atom. The molecule has 1 heterocycles. The summed E-state index contributed by atoms with van der Waals surface area (Å²) >= 11 is 1.48. The van der Waals surface area contributed by atoms with E-state index in [2.05, 4.69) is 4.98 Å². The average Bonchev–Trinajstić information content (AvgIpc) is 2.47. The molecular formula is C8H12N2O2S. The number of rotatable bonds is 4. The molecule has 0 bridgehead atoms. The van der Waals surface area contributed by atoms with Crippen LogP contribution in [0.2, 0.25) is 0 Å². The monoisotopic (exact) mass is 200 g/mol. The average molecular weight is 200 g/mol. The lowest BCUT2D eigenvalue weighted by Gasteiger charge is -2.16. The van der Waals surface area contributed by atoms with Crippen molar-refractivity contribution < 1.29 is 9.90 Å². The topological polar surface area (TPSA) is 53.4 Å². The number of carboxylic acids is 1. The number of hydrogen-bond donors (Lipinski definition) is 1. The zero-order valence-corrected chi connectivity index (χ0v) is 8.47. The van der Waals surface area contributed by atoms with Crippen LogP contribution in [-0.4, -0.2) is 29.1 Å². The van der Waals surface area contributed by atoms with Gasteiger partial charge in [0, 0.05) is 11.9 Å². The van der Waals surface area contributed by atoms with E-state index in [-0.39, 0.29) is 6.54 Å². The molecule has 0 aliphatic carbocycles. The minimum atomic E-state index is -0.824. The van der Waals surface area contributed by atoms with Gasteiger partial charge < -0.3 is 10.0 Å². The fourth-order valence-corrected chi connectivity index (χ4v) is 1.83. The quantitative estimate of drug-likeness (QED) is 0.797. The second-order valence-electron chi connectivity index (χ2n) is 2.68. The van der Waals surface area contributed by atoms with Crippen molar-refractivity contribution >= 4 is 22.4 Å². The number of likely N-dealkylation sites (N-methyl/N-ethyl adjacent to an activating group) is 1. The number of anilines is 1. The highest BCUT2D eigenvalue weighted by atomic mass is 32.1. The van der Waals surface area contributed by atoms with Gasteiger partial charge in [-0.2, -0.15) is 0 Å². The van der Waals surface area contributed by atoms with Crippen LogP contribution in [0.5, 0.6) is 0 Å². The van der Waals surface area contributed by atoms with Crippen molar-refractivity contribution in [3.05, 3.63) is 11.1 Å². The summed E-state index contributed by atoms with van der Waals surface area (Å²) in [6.07, 6.45) is 0. The summed E-state index contributed by atoms with van der Waals surface area (Å²) < 4.78 is 0. The highest BCUT2D eigenvalue weighted by Crippen LogP contribution is 2.19. The minimum absolute atomic E-state index is 0.0173.